The maximum atomic E-state index is 12.4. The lowest BCUT2D eigenvalue weighted by Gasteiger charge is -2.36. The molecular weight excluding hydrogens is 520 g/mol. The van der Waals surface area contributed by atoms with Crippen LogP contribution in [0.4, 0.5) is 10.5 Å². The molecule has 1 fully saturated rings. The van der Waals surface area contributed by atoms with E-state index in [4.69, 9.17) is 30.8 Å². The second kappa shape index (κ2) is 10.5. The highest BCUT2D eigenvalue weighted by atomic mass is 35.5. The van der Waals surface area contributed by atoms with E-state index in [1.165, 1.54) is 0 Å². The molecule has 0 atom stereocenters. The zero-order valence-electron chi connectivity index (χ0n) is 23.1. The fourth-order valence-electron chi connectivity index (χ4n) is 4.77. The van der Waals surface area contributed by atoms with Crippen LogP contribution >= 0.6 is 11.6 Å². The van der Waals surface area contributed by atoms with Crippen LogP contribution < -0.4 is 9.64 Å². The highest BCUT2D eigenvalue weighted by molar-refractivity contribution is 6.35. The molecule has 206 valence electrons. The molecule has 0 spiro atoms. The predicted octanol–water partition coefficient (Wildman–Crippen LogP) is 5.19. The van der Waals surface area contributed by atoms with Crippen molar-refractivity contribution < 1.29 is 19.0 Å². The summed E-state index contributed by atoms with van der Waals surface area (Å²) >= 11 is 6.82. The highest BCUT2D eigenvalue weighted by Crippen LogP contribution is 2.39. The minimum Gasteiger partial charge on any atom is -0.466 e. The van der Waals surface area contributed by atoms with Gasteiger partial charge in [0, 0.05) is 68.4 Å². The van der Waals surface area contributed by atoms with Crippen molar-refractivity contribution in [3.05, 3.63) is 41.2 Å². The smallest absolute Gasteiger partial charge is 0.410 e. The van der Waals surface area contributed by atoms with Gasteiger partial charge in [0.2, 0.25) is 0 Å². The number of pyridine rings is 2. The number of carbonyl (C=O) groups excluding carboxylic acids is 1. The molecule has 1 saturated heterocycles. The molecule has 0 aliphatic carbocycles. The lowest BCUT2D eigenvalue weighted by Crippen LogP contribution is -2.50. The Labute approximate surface area is 232 Å². The Hall–Kier alpha value is -3.63. The molecule has 5 rings (SSSR count). The normalized spacial score (nSPS) is 14.3. The number of carbonyl (C=O) groups is 1. The summed E-state index contributed by atoms with van der Waals surface area (Å²) in [5.74, 6) is 0.644. The second-order valence-electron chi connectivity index (χ2n) is 10.7. The van der Waals surface area contributed by atoms with Crippen molar-refractivity contribution in [1.82, 2.24) is 24.6 Å². The molecule has 10 nitrogen and oxygen atoms in total. The molecule has 0 unspecified atom stereocenters. The molecule has 1 amide bonds. The quantitative estimate of drug-likeness (QED) is 0.312. The number of ether oxygens (including phenoxy) is 3. The number of amides is 1. The van der Waals surface area contributed by atoms with Gasteiger partial charge in [-0.25, -0.2) is 14.8 Å². The molecule has 39 heavy (non-hydrogen) atoms. The van der Waals surface area contributed by atoms with Crippen molar-refractivity contribution in [2.75, 3.05) is 45.0 Å². The van der Waals surface area contributed by atoms with Gasteiger partial charge in [-0.3, -0.25) is 4.68 Å². The third-order valence-corrected chi connectivity index (χ3v) is 6.90. The van der Waals surface area contributed by atoms with E-state index in [-0.39, 0.29) is 12.9 Å². The largest absolute Gasteiger partial charge is 0.466 e. The highest BCUT2D eigenvalue weighted by Gasteiger charge is 2.26. The van der Waals surface area contributed by atoms with E-state index < -0.39 is 5.60 Å². The Morgan fingerprint density at radius 3 is 2.56 bits per heavy atom. The zero-order chi connectivity index (χ0) is 27.9. The Morgan fingerprint density at radius 1 is 1.13 bits per heavy atom. The standard InChI is InChI=1S/C28H33ClN6O4/c1-17-24-18(15-33(5)32-24)11-21(25(17)38-16-37-6)23-13-22(29)20-12-19(14-30-26(20)31-23)34-7-9-35(10-8-34)27(36)39-28(2,3)4/h11-15H,7-10,16H2,1-6H3. The molecule has 1 aliphatic heterocycles. The number of methoxy groups -OCH3 is 1. The van der Waals surface area contributed by atoms with E-state index in [9.17, 15) is 4.79 Å². The molecule has 3 aromatic heterocycles. The summed E-state index contributed by atoms with van der Waals surface area (Å²) in [6.07, 6.45) is 3.48. The zero-order valence-corrected chi connectivity index (χ0v) is 23.9. The number of aromatic nitrogens is 4. The first-order valence-corrected chi connectivity index (χ1v) is 13.2. The molecule has 4 heterocycles. The van der Waals surface area contributed by atoms with Gasteiger partial charge in [-0.2, -0.15) is 5.10 Å². The topological polar surface area (TPSA) is 94.8 Å². The monoisotopic (exact) mass is 552 g/mol. The van der Waals surface area contributed by atoms with E-state index in [2.05, 4.69) is 15.0 Å². The number of nitrogens with zero attached hydrogens (tertiary/aromatic N) is 6. The number of halogens is 1. The van der Waals surface area contributed by atoms with Gasteiger partial charge in [-0.1, -0.05) is 11.6 Å². The number of hydrogen-bond donors (Lipinski definition) is 0. The summed E-state index contributed by atoms with van der Waals surface area (Å²) in [5, 5.41) is 6.84. The van der Waals surface area contributed by atoms with Crippen LogP contribution in [0.15, 0.2) is 30.6 Å². The van der Waals surface area contributed by atoms with Crippen molar-refractivity contribution in [2.24, 2.45) is 7.05 Å². The lowest BCUT2D eigenvalue weighted by molar-refractivity contribution is 0.0240. The van der Waals surface area contributed by atoms with Crippen LogP contribution in [-0.2, 0) is 16.5 Å². The summed E-state index contributed by atoms with van der Waals surface area (Å²) in [7, 11) is 3.47. The number of benzene rings is 1. The van der Waals surface area contributed by atoms with Crippen molar-refractivity contribution in [3.63, 3.8) is 0 Å². The maximum Gasteiger partial charge on any atom is 0.410 e. The van der Waals surface area contributed by atoms with E-state index in [0.717, 1.165) is 33.1 Å². The molecule has 1 aliphatic rings. The van der Waals surface area contributed by atoms with Gasteiger partial charge in [-0.15, -0.1) is 0 Å². The number of rotatable bonds is 5. The number of anilines is 1. The van der Waals surface area contributed by atoms with Crippen LogP contribution in [0.1, 0.15) is 26.3 Å². The van der Waals surface area contributed by atoms with Crippen molar-refractivity contribution in [2.45, 2.75) is 33.3 Å². The van der Waals surface area contributed by atoms with Crippen LogP contribution in [-0.4, -0.2) is 76.4 Å². The van der Waals surface area contributed by atoms with E-state index in [1.54, 1.807) is 22.9 Å². The summed E-state index contributed by atoms with van der Waals surface area (Å²) < 4.78 is 18.4. The van der Waals surface area contributed by atoms with Crippen molar-refractivity contribution in [3.8, 4) is 17.0 Å². The maximum absolute atomic E-state index is 12.4. The van der Waals surface area contributed by atoms with Crippen LogP contribution in [0.3, 0.4) is 0 Å². The summed E-state index contributed by atoms with van der Waals surface area (Å²) in [6.45, 7) is 10.2. The first-order chi connectivity index (χ1) is 18.5. The van der Waals surface area contributed by atoms with E-state index in [1.807, 2.05) is 59.1 Å². The van der Waals surface area contributed by atoms with E-state index >= 15 is 0 Å². The number of piperazine rings is 1. The summed E-state index contributed by atoms with van der Waals surface area (Å²) in [4.78, 5) is 25.9. The fourth-order valence-corrected chi connectivity index (χ4v) is 5.01. The molecule has 0 saturated carbocycles. The molecule has 11 heteroatoms. The summed E-state index contributed by atoms with van der Waals surface area (Å²) in [6, 6.07) is 5.85. The van der Waals surface area contributed by atoms with Gasteiger partial charge >= 0.3 is 6.09 Å². The molecule has 1 aromatic carbocycles. The Bertz CT molecular complexity index is 1540. The number of fused-ring (bicyclic) bond motifs is 2. The van der Waals surface area contributed by atoms with Gasteiger partial charge in [-0.05, 0) is 45.9 Å². The average molecular weight is 553 g/mol. The SMILES string of the molecule is COCOc1c(-c2cc(Cl)c3cc(N4CCN(C(=O)OC(C)(C)C)CC4)cnc3n2)cc2cn(C)nc2c1C. The third kappa shape index (κ3) is 5.58. The molecular formula is C28H33ClN6O4. The molecule has 0 bridgehead atoms. The molecule has 0 N–H and O–H groups in total. The fraction of sp³-hybridized carbons (Fsp3) is 0.429. The molecule has 0 radical (unpaired) electrons. The number of aryl methyl sites for hydroxylation is 2. The van der Waals surface area contributed by atoms with Crippen molar-refractivity contribution >= 4 is 45.3 Å². The van der Waals surface area contributed by atoms with E-state index in [0.29, 0.717) is 48.3 Å². The minimum atomic E-state index is -0.516. The van der Waals surface area contributed by atoms with Crippen LogP contribution in [0, 0.1) is 6.92 Å². The van der Waals surface area contributed by atoms with Gasteiger partial charge < -0.3 is 24.0 Å². The average Bonchev–Trinajstić information content (AvgIpc) is 3.27. The summed E-state index contributed by atoms with van der Waals surface area (Å²) in [5.41, 5.74) is 4.14. The number of hydrogen-bond acceptors (Lipinski definition) is 8. The van der Waals surface area contributed by atoms with Crippen molar-refractivity contribution in [1.29, 1.82) is 0 Å². The minimum absolute atomic E-state index is 0.0935. The second-order valence-corrected chi connectivity index (χ2v) is 11.1. The van der Waals surface area contributed by atoms with Gasteiger partial charge in [0.15, 0.2) is 12.4 Å². The predicted molar refractivity (Wildman–Crippen MR) is 152 cm³/mol. The van der Waals surface area contributed by atoms with Gasteiger partial charge in [0.05, 0.1) is 28.1 Å². The molecule has 4 aromatic rings. The Balaban J connectivity index is 1.44. The Kier molecular flexibility index (Phi) is 7.26. The van der Waals surface area contributed by atoms with Gasteiger partial charge in [0.1, 0.15) is 11.4 Å². The Morgan fingerprint density at radius 2 is 1.87 bits per heavy atom. The van der Waals surface area contributed by atoms with Crippen LogP contribution in [0.25, 0.3) is 33.2 Å². The van der Waals surface area contributed by atoms with Crippen LogP contribution in [0.2, 0.25) is 5.02 Å². The van der Waals surface area contributed by atoms with Gasteiger partial charge in [0.25, 0.3) is 0 Å². The third-order valence-electron chi connectivity index (χ3n) is 6.59. The lowest BCUT2D eigenvalue weighted by atomic mass is 10.0. The first-order valence-electron chi connectivity index (χ1n) is 12.8. The first kappa shape index (κ1) is 27.0. The van der Waals surface area contributed by atoms with Crippen LogP contribution in [0.5, 0.6) is 5.75 Å².